The number of piperazine rings is 1. The second kappa shape index (κ2) is 14.0. The number of carbonyl (C=O) groups excluding carboxylic acids is 1. The van der Waals surface area contributed by atoms with Crippen LogP contribution >= 0.6 is 11.8 Å². The molecule has 38 heavy (non-hydrogen) atoms. The Hall–Kier alpha value is -2.59. The van der Waals surface area contributed by atoms with Crippen LogP contribution in [0.4, 0.5) is 24.5 Å². The number of nitrogens with zero attached hydrogens (tertiary/aromatic N) is 4. The van der Waals surface area contributed by atoms with E-state index in [2.05, 4.69) is 26.8 Å². The summed E-state index contributed by atoms with van der Waals surface area (Å²) >= 11 is -0.0989. The zero-order chi connectivity index (χ0) is 26.3. The first-order chi connectivity index (χ1) is 17.8. The van der Waals surface area contributed by atoms with Gasteiger partial charge in [-0.1, -0.05) is 7.43 Å². The third kappa shape index (κ3) is 8.73. The minimum absolute atomic E-state index is 0. The molecule has 0 aromatic heterocycles. The third-order valence-corrected chi connectivity index (χ3v) is 7.70. The molecule has 0 spiro atoms. The smallest absolute Gasteiger partial charge is 0.446 e. The monoisotopic (exact) mass is 552 g/mol. The van der Waals surface area contributed by atoms with Crippen molar-refractivity contribution < 1.29 is 22.7 Å². The van der Waals surface area contributed by atoms with Gasteiger partial charge in [-0.25, -0.2) is 0 Å². The standard InChI is InChI=1S/C27H35F3N4O2S.CH4/c1-36-24-9-5-22(6-10-24)33-18-16-31(17-19-33)13-2-4-26(35)34-15-3-14-32(20-21-34)23-7-11-25(12-8-23)37-27(28,29)30;/h5-12H,2-4,13-21H2,1H3;1H4. The molecule has 0 aliphatic carbocycles. The molecule has 0 saturated carbocycles. The minimum atomic E-state index is -4.28. The number of hydrogen-bond donors (Lipinski definition) is 0. The highest BCUT2D eigenvalue weighted by Crippen LogP contribution is 2.37. The summed E-state index contributed by atoms with van der Waals surface area (Å²) in [4.78, 5) is 21.9. The molecule has 10 heteroatoms. The molecule has 210 valence electrons. The normalized spacial score (nSPS) is 17.1. The number of amides is 1. The maximum absolute atomic E-state index is 12.9. The second-order valence-electron chi connectivity index (χ2n) is 9.39. The lowest BCUT2D eigenvalue weighted by atomic mass is 10.2. The molecular weight excluding hydrogens is 513 g/mol. The van der Waals surface area contributed by atoms with E-state index in [1.807, 2.05) is 17.0 Å². The van der Waals surface area contributed by atoms with Crippen LogP contribution in [0.25, 0.3) is 0 Å². The summed E-state index contributed by atoms with van der Waals surface area (Å²) < 4.78 is 43.0. The van der Waals surface area contributed by atoms with Gasteiger partial charge < -0.3 is 19.4 Å². The van der Waals surface area contributed by atoms with Gasteiger partial charge in [0, 0.05) is 75.0 Å². The average Bonchev–Trinajstić information content (AvgIpc) is 3.15. The SMILES string of the molecule is C.COc1ccc(N2CCN(CCCC(=O)N3CCCN(c4ccc(SC(F)(F)F)cc4)CC3)CC2)cc1. The zero-order valence-corrected chi connectivity index (χ0v) is 22.1. The van der Waals surface area contributed by atoms with Gasteiger partial charge >= 0.3 is 5.51 Å². The molecule has 2 aliphatic heterocycles. The maximum atomic E-state index is 12.9. The summed E-state index contributed by atoms with van der Waals surface area (Å²) in [6, 6.07) is 14.7. The van der Waals surface area contributed by atoms with Crippen molar-refractivity contribution in [1.29, 1.82) is 0 Å². The average molecular weight is 553 g/mol. The summed E-state index contributed by atoms with van der Waals surface area (Å²) in [7, 11) is 1.67. The molecule has 0 radical (unpaired) electrons. The predicted octanol–water partition coefficient (Wildman–Crippen LogP) is 5.58. The van der Waals surface area contributed by atoms with E-state index in [1.54, 1.807) is 19.2 Å². The van der Waals surface area contributed by atoms with E-state index < -0.39 is 5.51 Å². The van der Waals surface area contributed by atoms with Gasteiger partial charge in [0.2, 0.25) is 5.91 Å². The highest BCUT2D eigenvalue weighted by atomic mass is 32.2. The summed E-state index contributed by atoms with van der Waals surface area (Å²) in [6.45, 7) is 7.66. The van der Waals surface area contributed by atoms with Gasteiger partial charge in [-0.05, 0) is 79.7 Å². The molecule has 2 heterocycles. The molecule has 2 fully saturated rings. The lowest BCUT2D eigenvalue weighted by molar-refractivity contribution is -0.131. The molecule has 0 bridgehead atoms. The Bertz CT molecular complexity index is 997. The molecule has 1 amide bonds. The van der Waals surface area contributed by atoms with Crippen molar-refractivity contribution in [2.45, 2.75) is 37.1 Å². The second-order valence-corrected chi connectivity index (χ2v) is 10.5. The Morgan fingerprint density at radius 2 is 1.42 bits per heavy atom. The number of anilines is 2. The fourth-order valence-corrected chi connectivity index (χ4v) is 5.46. The summed E-state index contributed by atoms with van der Waals surface area (Å²) in [5.74, 6) is 1.05. The van der Waals surface area contributed by atoms with Crippen LogP contribution in [0.1, 0.15) is 26.7 Å². The number of rotatable bonds is 8. The number of ether oxygens (including phenoxy) is 1. The fourth-order valence-electron chi connectivity index (χ4n) is 4.92. The third-order valence-electron chi connectivity index (χ3n) is 6.96. The largest absolute Gasteiger partial charge is 0.497 e. The van der Waals surface area contributed by atoms with Crippen LogP contribution < -0.4 is 14.5 Å². The predicted molar refractivity (Wildman–Crippen MR) is 149 cm³/mol. The van der Waals surface area contributed by atoms with Gasteiger partial charge in [0.05, 0.1) is 7.11 Å². The van der Waals surface area contributed by atoms with E-state index in [9.17, 15) is 18.0 Å². The summed E-state index contributed by atoms with van der Waals surface area (Å²) in [6.07, 6.45) is 2.24. The van der Waals surface area contributed by atoms with Crippen molar-refractivity contribution in [1.82, 2.24) is 9.80 Å². The van der Waals surface area contributed by atoms with E-state index in [-0.39, 0.29) is 30.0 Å². The topological polar surface area (TPSA) is 39.3 Å². The highest BCUT2D eigenvalue weighted by Gasteiger charge is 2.29. The number of carbonyl (C=O) groups is 1. The molecule has 6 nitrogen and oxygen atoms in total. The Morgan fingerprint density at radius 1 is 0.842 bits per heavy atom. The van der Waals surface area contributed by atoms with Gasteiger partial charge in [-0.3, -0.25) is 9.69 Å². The number of methoxy groups -OCH3 is 1. The van der Waals surface area contributed by atoms with Gasteiger partial charge in [0.15, 0.2) is 0 Å². The van der Waals surface area contributed by atoms with E-state index in [0.29, 0.717) is 19.5 Å². The first-order valence-corrected chi connectivity index (χ1v) is 13.6. The van der Waals surface area contributed by atoms with Crippen LogP contribution in [0, 0.1) is 0 Å². The van der Waals surface area contributed by atoms with Crippen molar-refractivity contribution in [3.63, 3.8) is 0 Å². The molecule has 2 saturated heterocycles. The van der Waals surface area contributed by atoms with Crippen LogP contribution in [0.15, 0.2) is 53.4 Å². The number of benzene rings is 2. The van der Waals surface area contributed by atoms with Crippen LogP contribution in [-0.4, -0.2) is 87.2 Å². The van der Waals surface area contributed by atoms with Gasteiger partial charge in [0.1, 0.15) is 5.75 Å². The van der Waals surface area contributed by atoms with E-state index in [1.165, 1.54) is 17.8 Å². The number of thioether (sulfide) groups is 1. The van der Waals surface area contributed by atoms with Crippen molar-refractivity contribution in [2.24, 2.45) is 0 Å². The Kier molecular flexibility index (Phi) is 11.0. The lowest BCUT2D eigenvalue weighted by Gasteiger charge is -2.36. The molecule has 0 N–H and O–H groups in total. The molecular formula is C28H39F3N4O2S. The first kappa shape index (κ1) is 30.0. The number of halogens is 3. The van der Waals surface area contributed by atoms with Crippen molar-refractivity contribution in [3.8, 4) is 5.75 Å². The summed E-state index contributed by atoms with van der Waals surface area (Å²) in [5, 5.41) is 0. The Morgan fingerprint density at radius 3 is 2.03 bits per heavy atom. The van der Waals surface area contributed by atoms with Gasteiger partial charge in [-0.15, -0.1) is 0 Å². The Balaban J connectivity index is 0.00000400. The van der Waals surface area contributed by atoms with Crippen LogP contribution in [-0.2, 0) is 4.79 Å². The van der Waals surface area contributed by atoms with Crippen LogP contribution in [0.2, 0.25) is 0 Å². The number of alkyl halides is 3. The van der Waals surface area contributed by atoms with Crippen LogP contribution in [0.3, 0.4) is 0 Å². The minimum Gasteiger partial charge on any atom is -0.497 e. The Labute approximate surface area is 228 Å². The molecule has 2 aromatic rings. The highest BCUT2D eigenvalue weighted by molar-refractivity contribution is 8.00. The van der Waals surface area contributed by atoms with Crippen LogP contribution in [0.5, 0.6) is 5.75 Å². The number of hydrogen-bond acceptors (Lipinski definition) is 6. The zero-order valence-electron chi connectivity index (χ0n) is 21.3. The van der Waals surface area contributed by atoms with Crippen molar-refractivity contribution >= 4 is 29.0 Å². The maximum Gasteiger partial charge on any atom is 0.446 e. The fraction of sp³-hybridized carbons (Fsp3) is 0.536. The van der Waals surface area contributed by atoms with E-state index in [4.69, 9.17) is 4.74 Å². The quantitative estimate of drug-likeness (QED) is 0.398. The molecule has 2 aliphatic rings. The molecule has 2 aromatic carbocycles. The van der Waals surface area contributed by atoms with Gasteiger partial charge in [-0.2, -0.15) is 13.2 Å². The van der Waals surface area contributed by atoms with Gasteiger partial charge in [0.25, 0.3) is 0 Å². The van der Waals surface area contributed by atoms with Crippen molar-refractivity contribution in [2.75, 3.05) is 75.8 Å². The summed E-state index contributed by atoms with van der Waals surface area (Å²) in [5.41, 5.74) is -2.17. The molecule has 0 atom stereocenters. The van der Waals surface area contributed by atoms with E-state index in [0.717, 1.165) is 70.1 Å². The van der Waals surface area contributed by atoms with E-state index >= 15 is 0 Å². The van der Waals surface area contributed by atoms with Crippen molar-refractivity contribution in [3.05, 3.63) is 48.5 Å². The first-order valence-electron chi connectivity index (χ1n) is 12.8. The molecule has 4 rings (SSSR count). The molecule has 0 unspecified atom stereocenters. The lowest BCUT2D eigenvalue weighted by Crippen LogP contribution is -2.46.